The van der Waals surface area contributed by atoms with E-state index in [1.807, 2.05) is 0 Å². The number of primary amides is 1. The van der Waals surface area contributed by atoms with Crippen LogP contribution in [0.15, 0.2) is 49.3 Å². The lowest BCUT2D eigenvalue weighted by Crippen LogP contribution is -2.37. The summed E-state index contributed by atoms with van der Waals surface area (Å²) in [6.07, 6.45) is 5.02. The SMILES string of the molecule is C=CC(=O)Nc1ccc(C(=O)NCC(Cc2cnn(C)c2)C(N)=O)cc1. The predicted octanol–water partition coefficient (Wildman–Crippen LogP) is 0.619. The van der Waals surface area contributed by atoms with Gasteiger partial charge < -0.3 is 16.4 Å². The van der Waals surface area contributed by atoms with Gasteiger partial charge in [0, 0.05) is 31.0 Å². The molecule has 1 aromatic heterocycles. The molecule has 0 fully saturated rings. The van der Waals surface area contributed by atoms with E-state index in [1.165, 1.54) is 0 Å². The highest BCUT2D eigenvalue weighted by Gasteiger charge is 2.18. The molecule has 0 saturated heterocycles. The van der Waals surface area contributed by atoms with E-state index in [0.717, 1.165) is 11.6 Å². The van der Waals surface area contributed by atoms with Crippen LogP contribution in [0.2, 0.25) is 0 Å². The van der Waals surface area contributed by atoms with Crippen LogP contribution in [0.3, 0.4) is 0 Å². The van der Waals surface area contributed by atoms with Crippen LogP contribution in [0.5, 0.6) is 0 Å². The highest BCUT2D eigenvalue weighted by Crippen LogP contribution is 2.11. The number of nitrogens with two attached hydrogens (primary N) is 1. The quantitative estimate of drug-likeness (QED) is 0.601. The number of benzene rings is 1. The molecule has 8 nitrogen and oxygen atoms in total. The van der Waals surface area contributed by atoms with Crippen molar-refractivity contribution in [3.8, 4) is 0 Å². The molecule has 2 aromatic rings. The second kappa shape index (κ2) is 8.61. The van der Waals surface area contributed by atoms with Crippen LogP contribution in [0.4, 0.5) is 5.69 Å². The number of hydrogen-bond donors (Lipinski definition) is 3. The van der Waals surface area contributed by atoms with Gasteiger partial charge in [0.1, 0.15) is 0 Å². The Kier molecular flexibility index (Phi) is 6.26. The minimum atomic E-state index is -0.533. The number of aryl methyl sites for hydroxylation is 1. The lowest BCUT2D eigenvalue weighted by molar-refractivity contribution is -0.121. The summed E-state index contributed by atoms with van der Waals surface area (Å²) in [6.45, 7) is 3.49. The molecule has 2 rings (SSSR count). The molecule has 1 atom stereocenters. The Morgan fingerprint density at radius 1 is 1.31 bits per heavy atom. The van der Waals surface area contributed by atoms with Gasteiger partial charge >= 0.3 is 0 Å². The summed E-state index contributed by atoms with van der Waals surface area (Å²) < 4.78 is 1.64. The van der Waals surface area contributed by atoms with Crippen LogP contribution in [-0.2, 0) is 23.1 Å². The van der Waals surface area contributed by atoms with E-state index in [1.54, 1.807) is 48.4 Å². The smallest absolute Gasteiger partial charge is 0.251 e. The first-order valence-electron chi connectivity index (χ1n) is 7.97. The topological polar surface area (TPSA) is 119 Å². The number of amides is 3. The van der Waals surface area contributed by atoms with Crippen LogP contribution in [0, 0.1) is 5.92 Å². The Balaban J connectivity index is 1.93. The van der Waals surface area contributed by atoms with Crippen molar-refractivity contribution in [1.29, 1.82) is 0 Å². The first-order chi connectivity index (χ1) is 12.4. The highest BCUT2D eigenvalue weighted by atomic mass is 16.2. The van der Waals surface area contributed by atoms with Crippen molar-refractivity contribution in [2.45, 2.75) is 6.42 Å². The molecule has 0 aliphatic carbocycles. The molecule has 0 aliphatic heterocycles. The third-order valence-electron chi connectivity index (χ3n) is 3.75. The number of nitrogens with zero attached hydrogens (tertiary/aromatic N) is 2. The highest BCUT2D eigenvalue weighted by molar-refractivity contribution is 5.99. The van der Waals surface area contributed by atoms with Crippen molar-refractivity contribution in [3.63, 3.8) is 0 Å². The number of rotatable bonds is 8. The molecule has 26 heavy (non-hydrogen) atoms. The van der Waals surface area contributed by atoms with Gasteiger partial charge in [-0.15, -0.1) is 0 Å². The molecule has 0 saturated carbocycles. The van der Waals surface area contributed by atoms with Crippen molar-refractivity contribution in [2.75, 3.05) is 11.9 Å². The van der Waals surface area contributed by atoms with E-state index in [9.17, 15) is 14.4 Å². The summed E-state index contributed by atoms with van der Waals surface area (Å²) in [5.74, 6) is -1.68. The van der Waals surface area contributed by atoms with E-state index in [-0.39, 0.29) is 18.4 Å². The van der Waals surface area contributed by atoms with Gasteiger partial charge in [0.15, 0.2) is 0 Å². The molecular formula is C18H21N5O3. The van der Waals surface area contributed by atoms with E-state index >= 15 is 0 Å². The fraction of sp³-hybridized carbons (Fsp3) is 0.222. The summed E-state index contributed by atoms with van der Waals surface area (Å²) in [5, 5.41) is 9.35. The van der Waals surface area contributed by atoms with E-state index in [2.05, 4.69) is 22.3 Å². The van der Waals surface area contributed by atoms with Gasteiger partial charge in [-0.05, 0) is 42.3 Å². The Bertz CT molecular complexity index is 810. The Morgan fingerprint density at radius 2 is 2.00 bits per heavy atom. The molecule has 0 aliphatic rings. The molecule has 4 N–H and O–H groups in total. The maximum atomic E-state index is 12.2. The van der Waals surface area contributed by atoms with Gasteiger partial charge in [-0.1, -0.05) is 6.58 Å². The molecule has 1 heterocycles. The molecule has 136 valence electrons. The largest absolute Gasteiger partial charge is 0.369 e. The number of nitrogens with one attached hydrogen (secondary N) is 2. The minimum Gasteiger partial charge on any atom is -0.369 e. The first-order valence-corrected chi connectivity index (χ1v) is 7.97. The Labute approximate surface area is 151 Å². The molecule has 8 heteroatoms. The maximum Gasteiger partial charge on any atom is 0.251 e. The van der Waals surface area contributed by atoms with Crippen LogP contribution in [-0.4, -0.2) is 34.0 Å². The average Bonchev–Trinajstić information content (AvgIpc) is 3.03. The van der Waals surface area contributed by atoms with Crippen molar-refractivity contribution in [2.24, 2.45) is 18.7 Å². The van der Waals surface area contributed by atoms with Crippen molar-refractivity contribution >= 4 is 23.4 Å². The van der Waals surface area contributed by atoms with Gasteiger partial charge in [0.2, 0.25) is 11.8 Å². The van der Waals surface area contributed by atoms with Crippen LogP contribution in [0.25, 0.3) is 0 Å². The van der Waals surface area contributed by atoms with E-state index in [0.29, 0.717) is 17.7 Å². The van der Waals surface area contributed by atoms with Gasteiger partial charge in [0.05, 0.1) is 12.1 Å². The zero-order valence-corrected chi connectivity index (χ0v) is 14.4. The molecule has 1 unspecified atom stereocenters. The number of aromatic nitrogens is 2. The summed E-state index contributed by atoms with van der Waals surface area (Å²) in [4.78, 5) is 35.1. The van der Waals surface area contributed by atoms with E-state index < -0.39 is 11.8 Å². The van der Waals surface area contributed by atoms with Gasteiger partial charge in [0.25, 0.3) is 5.91 Å². The molecule has 0 radical (unpaired) electrons. The second-order valence-electron chi connectivity index (χ2n) is 5.81. The normalized spacial score (nSPS) is 11.4. The zero-order valence-electron chi connectivity index (χ0n) is 14.4. The first kappa shape index (κ1) is 18.9. The van der Waals surface area contributed by atoms with Crippen molar-refractivity contribution < 1.29 is 14.4 Å². The molecule has 0 spiro atoms. The van der Waals surface area contributed by atoms with Crippen molar-refractivity contribution in [3.05, 3.63) is 60.4 Å². The summed E-state index contributed by atoms with van der Waals surface area (Å²) in [7, 11) is 1.78. The Hall–Kier alpha value is -3.42. The minimum absolute atomic E-state index is 0.123. The average molecular weight is 355 g/mol. The van der Waals surface area contributed by atoms with Gasteiger partial charge in [-0.3, -0.25) is 19.1 Å². The molecular weight excluding hydrogens is 334 g/mol. The molecule has 1 aromatic carbocycles. The third kappa shape index (κ3) is 5.30. The molecule has 0 bridgehead atoms. The maximum absolute atomic E-state index is 12.2. The fourth-order valence-electron chi connectivity index (χ4n) is 2.35. The number of anilines is 1. The summed E-state index contributed by atoms with van der Waals surface area (Å²) >= 11 is 0. The van der Waals surface area contributed by atoms with Crippen LogP contribution in [0.1, 0.15) is 15.9 Å². The third-order valence-corrected chi connectivity index (χ3v) is 3.75. The number of carbonyl (C=O) groups excluding carboxylic acids is 3. The summed E-state index contributed by atoms with van der Waals surface area (Å²) in [6, 6.07) is 6.37. The lowest BCUT2D eigenvalue weighted by Gasteiger charge is -2.13. The van der Waals surface area contributed by atoms with E-state index in [4.69, 9.17) is 5.73 Å². The fourth-order valence-corrected chi connectivity index (χ4v) is 2.35. The van der Waals surface area contributed by atoms with Gasteiger partial charge in [-0.2, -0.15) is 5.10 Å². The number of carbonyl (C=O) groups is 3. The molecule has 3 amide bonds. The van der Waals surface area contributed by atoms with Crippen LogP contribution >= 0.6 is 0 Å². The standard InChI is InChI=1S/C18H21N5O3/c1-3-16(24)22-15-6-4-13(5-7-15)18(26)20-10-14(17(19)25)8-12-9-21-23(2)11-12/h3-7,9,11,14H,1,8,10H2,2H3,(H2,19,25)(H,20,26)(H,22,24). The Morgan fingerprint density at radius 3 is 2.54 bits per heavy atom. The second-order valence-corrected chi connectivity index (χ2v) is 5.81. The van der Waals surface area contributed by atoms with Crippen LogP contribution < -0.4 is 16.4 Å². The number of hydrogen-bond acceptors (Lipinski definition) is 4. The lowest BCUT2D eigenvalue weighted by atomic mass is 10.0. The van der Waals surface area contributed by atoms with Crippen molar-refractivity contribution in [1.82, 2.24) is 15.1 Å². The summed E-state index contributed by atoms with van der Waals surface area (Å²) in [5.41, 5.74) is 7.26. The predicted molar refractivity (Wildman–Crippen MR) is 97.2 cm³/mol. The monoisotopic (exact) mass is 355 g/mol. The zero-order chi connectivity index (χ0) is 19.1. The van der Waals surface area contributed by atoms with Gasteiger partial charge in [-0.25, -0.2) is 0 Å².